The molecule has 0 heterocycles. The lowest BCUT2D eigenvalue weighted by Crippen LogP contribution is -2.23. The normalized spacial score (nSPS) is 16.0. The van der Waals surface area contributed by atoms with Crippen LogP contribution in [-0.2, 0) is 30.3 Å². The van der Waals surface area contributed by atoms with Gasteiger partial charge in [-0.15, -0.1) is 0 Å². The van der Waals surface area contributed by atoms with Gasteiger partial charge in [0.2, 0.25) is 0 Å². The van der Waals surface area contributed by atoms with Crippen LogP contribution < -0.4 is 10.5 Å². The maximum Gasteiger partial charge on any atom is 0.344 e. The Labute approximate surface area is 181 Å². The van der Waals surface area contributed by atoms with Gasteiger partial charge in [0.15, 0.2) is 6.61 Å². The fraction of sp³-hybridized carbons (Fsp3) is 0.375. The summed E-state index contributed by atoms with van der Waals surface area (Å²) in [6, 6.07) is 12.3. The fourth-order valence-electron chi connectivity index (χ4n) is 3.73. The molecule has 31 heavy (non-hydrogen) atoms. The van der Waals surface area contributed by atoms with E-state index >= 15 is 0 Å². The molecule has 2 aromatic rings. The molecule has 2 N–H and O–H groups in total. The highest BCUT2D eigenvalue weighted by Crippen LogP contribution is 2.35. The SMILES string of the molecule is CCOC(=O)COC(=O)C(C)c1ccc(OC(=O)C2CCCc3c(N)cccc32)cc1. The molecule has 0 aliphatic heterocycles. The highest BCUT2D eigenvalue weighted by atomic mass is 16.6. The molecule has 0 spiro atoms. The Morgan fingerprint density at radius 2 is 1.84 bits per heavy atom. The van der Waals surface area contributed by atoms with Crippen LogP contribution in [0.3, 0.4) is 0 Å². The van der Waals surface area contributed by atoms with E-state index in [9.17, 15) is 14.4 Å². The minimum atomic E-state index is -0.587. The van der Waals surface area contributed by atoms with Crippen molar-refractivity contribution in [2.45, 2.75) is 44.9 Å². The van der Waals surface area contributed by atoms with Crippen molar-refractivity contribution in [1.82, 2.24) is 0 Å². The highest BCUT2D eigenvalue weighted by Gasteiger charge is 2.29. The number of rotatable bonds is 7. The first-order chi connectivity index (χ1) is 14.9. The van der Waals surface area contributed by atoms with Crippen molar-refractivity contribution in [1.29, 1.82) is 0 Å². The van der Waals surface area contributed by atoms with Crippen LogP contribution in [0.4, 0.5) is 5.69 Å². The zero-order valence-electron chi connectivity index (χ0n) is 17.8. The molecule has 2 atom stereocenters. The predicted octanol–water partition coefficient (Wildman–Crippen LogP) is 3.50. The third-order valence-electron chi connectivity index (χ3n) is 5.42. The summed E-state index contributed by atoms with van der Waals surface area (Å²) in [6.45, 7) is 3.17. The van der Waals surface area contributed by atoms with Gasteiger partial charge in [0.25, 0.3) is 0 Å². The second-order valence-electron chi connectivity index (χ2n) is 7.48. The molecule has 2 aromatic carbocycles. The molecule has 1 aliphatic carbocycles. The lowest BCUT2D eigenvalue weighted by Gasteiger charge is -2.25. The molecular weight excluding hydrogens is 398 g/mol. The smallest absolute Gasteiger partial charge is 0.344 e. The van der Waals surface area contributed by atoms with Crippen molar-refractivity contribution in [3.05, 3.63) is 59.2 Å². The van der Waals surface area contributed by atoms with Gasteiger partial charge < -0.3 is 19.9 Å². The number of benzene rings is 2. The average molecular weight is 425 g/mol. The maximum atomic E-state index is 12.8. The van der Waals surface area contributed by atoms with E-state index in [2.05, 4.69) is 0 Å². The summed E-state index contributed by atoms with van der Waals surface area (Å²) < 4.78 is 15.3. The number of fused-ring (bicyclic) bond motifs is 1. The molecule has 2 unspecified atom stereocenters. The second kappa shape index (κ2) is 10.1. The Kier molecular flexibility index (Phi) is 7.28. The molecule has 0 amide bonds. The van der Waals surface area contributed by atoms with E-state index < -0.39 is 24.5 Å². The first kappa shape index (κ1) is 22.3. The average Bonchev–Trinajstić information content (AvgIpc) is 2.77. The Morgan fingerprint density at radius 3 is 2.55 bits per heavy atom. The van der Waals surface area contributed by atoms with Crippen molar-refractivity contribution in [3.63, 3.8) is 0 Å². The number of carbonyl (C=O) groups is 3. The summed E-state index contributed by atoms with van der Waals surface area (Å²) in [5, 5.41) is 0. The van der Waals surface area contributed by atoms with Crippen LogP contribution in [0.15, 0.2) is 42.5 Å². The Balaban J connectivity index is 1.61. The number of nitrogen functional groups attached to an aromatic ring is 1. The molecule has 164 valence electrons. The second-order valence-corrected chi connectivity index (χ2v) is 7.48. The van der Waals surface area contributed by atoms with Gasteiger partial charge >= 0.3 is 17.9 Å². The van der Waals surface area contributed by atoms with Crippen LogP contribution in [0.1, 0.15) is 55.2 Å². The summed E-state index contributed by atoms with van der Waals surface area (Å²) in [5.74, 6) is -1.96. The first-order valence-electron chi connectivity index (χ1n) is 10.4. The van der Waals surface area contributed by atoms with Crippen molar-refractivity contribution in [2.75, 3.05) is 18.9 Å². The zero-order valence-corrected chi connectivity index (χ0v) is 17.8. The van der Waals surface area contributed by atoms with Gasteiger partial charge in [0, 0.05) is 5.69 Å². The summed E-state index contributed by atoms with van der Waals surface area (Å²) in [5.41, 5.74) is 9.42. The molecule has 0 fully saturated rings. The fourth-order valence-corrected chi connectivity index (χ4v) is 3.73. The molecule has 7 heteroatoms. The molecule has 0 aromatic heterocycles. The molecule has 0 radical (unpaired) electrons. The quantitative estimate of drug-likeness (QED) is 0.411. The minimum Gasteiger partial charge on any atom is -0.463 e. The number of esters is 3. The monoisotopic (exact) mass is 425 g/mol. The molecular formula is C24H27NO6. The van der Waals surface area contributed by atoms with E-state index in [-0.39, 0.29) is 18.5 Å². The van der Waals surface area contributed by atoms with Crippen molar-refractivity contribution in [2.24, 2.45) is 0 Å². The molecule has 7 nitrogen and oxygen atoms in total. The lowest BCUT2D eigenvalue weighted by molar-refractivity contribution is -0.159. The van der Waals surface area contributed by atoms with Crippen LogP contribution in [0.25, 0.3) is 0 Å². The molecule has 1 aliphatic rings. The summed E-state index contributed by atoms with van der Waals surface area (Å²) in [7, 11) is 0. The van der Waals surface area contributed by atoms with E-state index in [4.69, 9.17) is 19.9 Å². The van der Waals surface area contributed by atoms with Gasteiger partial charge in [-0.25, -0.2) is 4.79 Å². The van der Waals surface area contributed by atoms with Crippen molar-refractivity contribution >= 4 is 23.6 Å². The maximum absolute atomic E-state index is 12.8. The van der Waals surface area contributed by atoms with Crippen LogP contribution >= 0.6 is 0 Å². The number of hydrogen-bond donors (Lipinski definition) is 1. The number of ether oxygens (including phenoxy) is 3. The highest BCUT2D eigenvalue weighted by molar-refractivity contribution is 5.83. The van der Waals surface area contributed by atoms with Crippen molar-refractivity contribution in [3.8, 4) is 5.75 Å². The minimum absolute atomic E-state index is 0.228. The summed E-state index contributed by atoms with van der Waals surface area (Å²) >= 11 is 0. The van der Waals surface area contributed by atoms with Gasteiger partial charge in [-0.05, 0) is 68.0 Å². The predicted molar refractivity (Wildman–Crippen MR) is 115 cm³/mol. The number of carbonyl (C=O) groups excluding carboxylic acids is 3. The summed E-state index contributed by atoms with van der Waals surface area (Å²) in [4.78, 5) is 36.3. The van der Waals surface area contributed by atoms with E-state index in [1.165, 1.54) is 0 Å². The van der Waals surface area contributed by atoms with Crippen LogP contribution in [0, 0.1) is 0 Å². The lowest BCUT2D eigenvalue weighted by atomic mass is 9.82. The first-order valence-corrected chi connectivity index (χ1v) is 10.4. The Bertz CT molecular complexity index is 953. The standard InChI is InChI=1S/C24H27NO6/c1-3-29-22(26)14-30-23(27)15(2)16-10-12-17(13-11-16)31-24(28)20-8-4-7-19-18(20)6-5-9-21(19)25/h5-6,9-13,15,20H,3-4,7-8,14,25H2,1-2H3. The van der Waals surface area contributed by atoms with Crippen LogP contribution in [0.5, 0.6) is 5.75 Å². The van der Waals surface area contributed by atoms with Gasteiger partial charge in [-0.2, -0.15) is 0 Å². The number of nitrogens with two attached hydrogens (primary N) is 1. The summed E-state index contributed by atoms with van der Waals surface area (Å²) in [6.07, 6.45) is 2.46. The molecule has 3 rings (SSSR count). The van der Waals surface area contributed by atoms with E-state index in [0.29, 0.717) is 17.0 Å². The van der Waals surface area contributed by atoms with E-state index in [0.717, 1.165) is 30.4 Å². The zero-order chi connectivity index (χ0) is 22.4. The van der Waals surface area contributed by atoms with E-state index in [1.807, 2.05) is 18.2 Å². The van der Waals surface area contributed by atoms with Gasteiger partial charge in [-0.3, -0.25) is 9.59 Å². The van der Waals surface area contributed by atoms with Crippen LogP contribution in [-0.4, -0.2) is 31.1 Å². The van der Waals surface area contributed by atoms with Gasteiger partial charge in [-0.1, -0.05) is 24.3 Å². The molecule has 0 saturated carbocycles. The third kappa shape index (κ3) is 5.42. The topological polar surface area (TPSA) is 105 Å². The van der Waals surface area contributed by atoms with Crippen LogP contribution in [0.2, 0.25) is 0 Å². The number of hydrogen-bond acceptors (Lipinski definition) is 7. The largest absolute Gasteiger partial charge is 0.463 e. The molecule has 0 bridgehead atoms. The Hall–Kier alpha value is -3.35. The molecule has 0 saturated heterocycles. The Morgan fingerprint density at radius 1 is 1.10 bits per heavy atom. The van der Waals surface area contributed by atoms with Gasteiger partial charge in [0.05, 0.1) is 18.4 Å². The number of anilines is 1. The van der Waals surface area contributed by atoms with Crippen molar-refractivity contribution < 1.29 is 28.6 Å². The van der Waals surface area contributed by atoms with Gasteiger partial charge in [0.1, 0.15) is 5.75 Å². The third-order valence-corrected chi connectivity index (χ3v) is 5.42. The van der Waals surface area contributed by atoms with E-state index in [1.54, 1.807) is 38.1 Å².